The Bertz CT molecular complexity index is 571. The van der Waals surface area contributed by atoms with E-state index in [-0.39, 0.29) is 22.2 Å². The molecule has 7 heteroatoms. The van der Waals surface area contributed by atoms with Gasteiger partial charge in [0.2, 0.25) is 10.0 Å². The van der Waals surface area contributed by atoms with Crippen LogP contribution in [0.3, 0.4) is 0 Å². The Hall–Kier alpha value is -1.34. The molecule has 0 aliphatic carbocycles. The molecule has 1 rings (SSSR count). The van der Waals surface area contributed by atoms with E-state index in [1.807, 2.05) is 13.8 Å². The van der Waals surface area contributed by atoms with E-state index in [0.29, 0.717) is 18.5 Å². The van der Waals surface area contributed by atoms with Crippen molar-refractivity contribution in [2.24, 2.45) is 0 Å². The fourth-order valence-electron chi connectivity index (χ4n) is 2.08. The molecule has 1 aromatic heterocycles. The largest absolute Gasteiger partial charge is 0.477 e. The van der Waals surface area contributed by atoms with Gasteiger partial charge in [0.05, 0.1) is 0 Å². The van der Waals surface area contributed by atoms with Gasteiger partial charge in [-0.2, -0.15) is 0 Å². The monoisotopic (exact) mass is 288 g/mol. The topological polar surface area (TPSA) is 99.3 Å². The highest BCUT2D eigenvalue weighted by molar-refractivity contribution is 7.89. The van der Waals surface area contributed by atoms with Gasteiger partial charge in [-0.3, -0.25) is 0 Å². The van der Waals surface area contributed by atoms with Crippen LogP contribution in [0.2, 0.25) is 0 Å². The molecule has 1 heterocycles. The Labute approximate surface area is 113 Å². The van der Waals surface area contributed by atoms with Crippen molar-refractivity contribution in [2.75, 3.05) is 0 Å². The third kappa shape index (κ3) is 3.16. The van der Waals surface area contributed by atoms with Gasteiger partial charge in [-0.05, 0) is 26.7 Å². The van der Waals surface area contributed by atoms with Gasteiger partial charge >= 0.3 is 5.97 Å². The van der Waals surface area contributed by atoms with Crippen LogP contribution < -0.4 is 4.72 Å². The summed E-state index contributed by atoms with van der Waals surface area (Å²) in [5, 5.41) is 9.00. The van der Waals surface area contributed by atoms with E-state index in [4.69, 9.17) is 5.11 Å². The lowest BCUT2D eigenvalue weighted by Gasteiger charge is -2.15. The van der Waals surface area contributed by atoms with Crippen LogP contribution in [0.5, 0.6) is 0 Å². The molecule has 0 aliphatic heterocycles. The first-order valence-electron chi connectivity index (χ1n) is 6.19. The van der Waals surface area contributed by atoms with Crippen molar-refractivity contribution in [1.29, 1.82) is 0 Å². The molecule has 0 fully saturated rings. The van der Waals surface area contributed by atoms with Crippen molar-refractivity contribution in [2.45, 2.75) is 51.5 Å². The number of nitrogens with one attached hydrogen (secondary N) is 2. The minimum Gasteiger partial charge on any atom is -0.477 e. The Morgan fingerprint density at radius 2 is 1.84 bits per heavy atom. The third-order valence-corrected chi connectivity index (χ3v) is 4.95. The fraction of sp³-hybridized carbons (Fsp3) is 0.583. The van der Waals surface area contributed by atoms with Crippen LogP contribution in [-0.4, -0.2) is 30.5 Å². The zero-order chi connectivity index (χ0) is 14.8. The maximum atomic E-state index is 12.3. The highest BCUT2D eigenvalue weighted by Crippen LogP contribution is 2.23. The van der Waals surface area contributed by atoms with Gasteiger partial charge < -0.3 is 10.1 Å². The van der Waals surface area contributed by atoms with Gasteiger partial charge in [-0.1, -0.05) is 13.8 Å². The summed E-state index contributed by atoms with van der Waals surface area (Å²) in [6.45, 7) is 6.85. The van der Waals surface area contributed by atoms with E-state index in [1.165, 1.54) is 6.92 Å². The second-order valence-corrected chi connectivity index (χ2v) is 6.17. The van der Waals surface area contributed by atoms with E-state index in [2.05, 4.69) is 9.71 Å². The number of aromatic carboxylic acids is 1. The summed E-state index contributed by atoms with van der Waals surface area (Å²) in [5.74, 6) is -1.16. The molecular formula is C12H20N2O4S. The molecule has 0 saturated heterocycles. The van der Waals surface area contributed by atoms with Gasteiger partial charge in [-0.25, -0.2) is 17.9 Å². The van der Waals surface area contributed by atoms with Crippen LogP contribution in [0.25, 0.3) is 0 Å². The van der Waals surface area contributed by atoms with Gasteiger partial charge in [0.1, 0.15) is 10.6 Å². The number of sulfonamides is 1. The first-order valence-corrected chi connectivity index (χ1v) is 7.67. The van der Waals surface area contributed by atoms with Crippen molar-refractivity contribution < 1.29 is 18.3 Å². The van der Waals surface area contributed by atoms with Crippen LogP contribution >= 0.6 is 0 Å². The summed E-state index contributed by atoms with van der Waals surface area (Å²) < 4.78 is 27.2. The standard InChI is InChI=1S/C12H20N2O4S/c1-5-9(6-2)14-19(17,18)11-7(3)10(12(15)16)13-8(11)4/h9,13-14H,5-6H2,1-4H3,(H,15,16). The van der Waals surface area contributed by atoms with E-state index in [1.54, 1.807) is 6.92 Å². The SMILES string of the molecule is CCC(CC)NS(=O)(=O)c1c(C)[nH]c(C(=O)O)c1C. The van der Waals surface area contributed by atoms with Crippen LogP contribution in [-0.2, 0) is 10.0 Å². The predicted molar refractivity (Wildman–Crippen MR) is 71.9 cm³/mol. The van der Waals surface area contributed by atoms with Gasteiger partial charge in [0, 0.05) is 17.3 Å². The highest BCUT2D eigenvalue weighted by atomic mass is 32.2. The molecule has 0 amide bonds. The van der Waals surface area contributed by atoms with Gasteiger partial charge in [-0.15, -0.1) is 0 Å². The minimum absolute atomic E-state index is 0.0387. The molecule has 3 N–H and O–H groups in total. The molecule has 1 aromatic rings. The molecule has 0 saturated carbocycles. The number of carboxylic acid groups (broad SMARTS) is 1. The molecule has 0 radical (unpaired) electrons. The van der Waals surface area contributed by atoms with Crippen LogP contribution in [0, 0.1) is 13.8 Å². The molecule has 0 spiro atoms. The molecule has 0 atom stereocenters. The summed E-state index contributed by atoms with van der Waals surface area (Å²) in [5.41, 5.74) is 0.499. The second kappa shape index (κ2) is 5.75. The van der Waals surface area contributed by atoms with Crippen molar-refractivity contribution >= 4 is 16.0 Å². The molecule has 0 bridgehead atoms. The Kier molecular flexibility index (Phi) is 4.75. The maximum Gasteiger partial charge on any atom is 0.352 e. The summed E-state index contributed by atoms with van der Waals surface area (Å²) in [7, 11) is -3.70. The average molecular weight is 288 g/mol. The van der Waals surface area contributed by atoms with Crippen LogP contribution in [0.1, 0.15) is 48.4 Å². The zero-order valence-electron chi connectivity index (χ0n) is 11.6. The fourth-order valence-corrected chi connectivity index (χ4v) is 3.93. The predicted octanol–water partition coefficient (Wildman–Crippen LogP) is 1.80. The summed E-state index contributed by atoms with van der Waals surface area (Å²) in [4.78, 5) is 13.7. The molecule has 0 aliphatic rings. The van der Waals surface area contributed by atoms with Crippen molar-refractivity contribution in [1.82, 2.24) is 9.71 Å². The molecular weight excluding hydrogens is 268 g/mol. The number of hydrogen-bond acceptors (Lipinski definition) is 3. The molecule has 19 heavy (non-hydrogen) atoms. The lowest BCUT2D eigenvalue weighted by Crippen LogP contribution is -2.34. The van der Waals surface area contributed by atoms with Crippen molar-refractivity contribution in [3.8, 4) is 0 Å². The lowest BCUT2D eigenvalue weighted by atomic mass is 10.2. The number of aromatic nitrogens is 1. The summed E-state index contributed by atoms with van der Waals surface area (Å²) in [6.07, 6.45) is 1.37. The molecule has 108 valence electrons. The quantitative estimate of drug-likeness (QED) is 0.743. The summed E-state index contributed by atoms with van der Waals surface area (Å²) >= 11 is 0. The van der Waals surface area contributed by atoms with E-state index < -0.39 is 16.0 Å². The summed E-state index contributed by atoms with van der Waals surface area (Å²) in [6, 6.07) is -0.146. The minimum atomic E-state index is -3.70. The maximum absolute atomic E-state index is 12.3. The van der Waals surface area contributed by atoms with Crippen molar-refractivity contribution in [3.63, 3.8) is 0 Å². The zero-order valence-corrected chi connectivity index (χ0v) is 12.4. The number of aryl methyl sites for hydroxylation is 1. The van der Waals surface area contributed by atoms with Gasteiger partial charge in [0.25, 0.3) is 0 Å². The molecule has 0 aromatic carbocycles. The number of aromatic amines is 1. The number of rotatable bonds is 6. The van der Waals surface area contributed by atoms with E-state index in [9.17, 15) is 13.2 Å². The Balaban J connectivity index is 3.26. The number of H-pyrrole nitrogens is 1. The average Bonchev–Trinajstić information content (AvgIpc) is 2.62. The Morgan fingerprint density at radius 1 is 1.32 bits per heavy atom. The Morgan fingerprint density at radius 3 is 2.21 bits per heavy atom. The highest BCUT2D eigenvalue weighted by Gasteiger charge is 2.27. The van der Waals surface area contributed by atoms with E-state index >= 15 is 0 Å². The van der Waals surface area contributed by atoms with E-state index in [0.717, 1.165) is 0 Å². The van der Waals surface area contributed by atoms with Gasteiger partial charge in [0.15, 0.2) is 0 Å². The van der Waals surface area contributed by atoms with Crippen LogP contribution in [0.4, 0.5) is 0 Å². The number of carbonyl (C=O) groups is 1. The third-order valence-electron chi connectivity index (χ3n) is 3.16. The van der Waals surface area contributed by atoms with Crippen molar-refractivity contribution in [3.05, 3.63) is 17.0 Å². The number of carboxylic acids is 1. The number of hydrogen-bond donors (Lipinski definition) is 3. The second-order valence-electron chi connectivity index (χ2n) is 4.52. The smallest absolute Gasteiger partial charge is 0.352 e. The normalized spacial score (nSPS) is 12.1. The molecule has 6 nitrogen and oxygen atoms in total. The van der Waals surface area contributed by atoms with Crippen LogP contribution in [0.15, 0.2) is 4.90 Å². The molecule has 0 unspecified atom stereocenters. The first-order chi connectivity index (χ1) is 8.74. The first kappa shape index (κ1) is 15.7. The lowest BCUT2D eigenvalue weighted by molar-refractivity contribution is 0.0690.